The molecule has 0 aromatic heterocycles. The fourth-order valence-electron chi connectivity index (χ4n) is 2.69. The highest BCUT2D eigenvalue weighted by molar-refractivity contribution is 5.24. The Bertz CT molecular complexity index is 361. The Morgan fingerprint density at radius 1 is 0.947 bits per heavy atom. The minimum absolute atomic E-state index is 0.635. The van der Waals surface area contributed by atoms with Crippen LogP contribution in [0.2, 0.25) is 0 Å². The lowest BCUT2D eigenvalue weighted by Gasteiger charge is -2.34. The molecular formula is C17H28N2. The summed E-state index contributed by atoms with van der Waals surface area (Å²) in [5.74, 6) is 0.635. The molecule has 0 saturated carbocycles. The molecule has 1 aromatic carbocycles. The van der Waals surface area contributed by atoms with Crippen molar-refractivity contribution in [3.05, 3.63) is 35.4 Å². The number of hydrogen-bond donors (Lipinski definition) is 0. The van der Waals surface area contributed by atoms with Crippen LogP contribution in [-0.4, -0.2) is 49.1 Å². The maximum absolute atomic E-state index is 2.60. The normalized spacial score (nSPS) is 18.1. The molecule has 2 rings (SSSR count). The van der Waals surface area contributed by atoms with E-state index in [0.717, 1.165) is 0 Å². The van der Waals surface area contributed by atoms with Crippen LogP contribution < -0.4 is 0 Å². The molecule has 1 aliphatic rings. The van der Waals surface area contributed by atoms with Gasteiger partial charge in [0.2, 0.25) is 0 Å². The molecule has 2 heteroatoms. The second-order valence-electron chi connectivity index (χ2n) is 5.92. The summed E-state index contributed by atoms with van der Waals surface area (Å²) in [5, 5.41) is 0. The molecule has 0 aliphatic carbocycles. The van der Waals surface area contributed by atoms with Crippen LogP contribution in [0.3, 0.4) is 0 Å². The third kappa shape index (κ3) is 4.32. The van der Waals surface area contributed by atoms with E-state index in [-0.39, 0.29) is 0 Å². The van der Waals surface area contributed by atoms with Crippen LogP contribution in [0.25, 0.3) is 0 Å². The summed E-state index contributed by atoms with van der Waals surface area (Å²) in [7, 11) is 0. The van der Waals surface area contributed by atoms with Crippen molar-refractivity contribution in [1.82, 2.24) is 9.80 Å². The lowest BCUT2D eigenvalue weighted by Crippen LogP contribution is -2.46. The second kappa shape index (κ2) is 7.06. The lowest BCUT2D eigenvalue weighted by atomic mass is 10.0. The van der Waals surface area contributed by atoms with Crippen LogP contribution in [0.15, 0.2) is 24.3 Å². The van der Waals surface area contributed by atoms with Crippen molar-refractivity contribution in [2.45, 2.75) is 33.1 Å². The number of hydrogen-bond acceptors (Lipinski definition) is 2. The van der Waals surface area contributed by atoms with E-state index in [1.54, 1.807) is 0 Å². The van der Waals surface area contributed by atoms with Crippen LogP contribution in [0, 0.1) is 0 Å². The van der Waals surface area contributed by atoms with Crippen molar-refractivity contribution in [3.8, 4) is 0 Å². The molecule has 1 saturated heterocycles. The molecule has 1 fully saturated rings. The highest BCUT2D eigenvalue weighted by Gasteiger charge is 2.14. The molecule has 1 aliphatic heterocycles. The Morgan fingerprint density at radius 3 is 2.05 bits per heavy atom. The van der Waals surface area contributed by atoms with Crippen molar-refractivity contribution >= 4 is 0 Å². The molecule has 0 radical (unpaired) electrons. The van der Waals surface area contributed by atoms with Gasteiger partial charge in [-0.1, -0.05) is 45.0 Å². The Morgan fingerprint density at radius 2 is 1.53 bits per heavy atom. The first-order chi connectivity index (χ1) is 9.19. The molecule has 0 spiro atoms. The first kappa shape index (κ1) is 14.5. The van der Waals surface area contributed by atoms with Gasteiger partial charge in [0.05, 0.1) is 0 Å². The molecule has 0 bridgehead atoms. The predicted molar refractivity (Wildman–Crippen MR) is 82.8 cm³/mol. The minimum Gasteiger partial charge on any atom is -0.301 e. The third-order valence-electron chi connectivity index (χ3n) is 4.28. The highest BCUT2D eigenvalue weighted by Crippen LogP contribution is 2.15. The van der Waals surface area contributed by atoms with Crippen molar-refractivity contribution < 1.29 is 0 Å². The summed E-state index contributed by atoms with van der Waals surface area (Å²) in [6.07, 6.45) is 1.19. The molecule has 0 unspecified atom stereocenters. The van der Waals surface area contributed by atoms with Crippen molar-refractivity contribution in [2.24, 2.45) is 0 Å². The maximum Gasteiger partial charge on any atom is 0.0110 e. The number of piperazine rings is 1. The van der Waals surface area contributed by atoms with Gasteiger partial charge < -0.3 is 9.80 Å². The van der Waals surface area contributed by atoms with Crippen LogP contribution in [0.5, 0.6) is 0 Å². The van der Waals surface area contributed by atoms with E-state index >= 15 is 0 Å². The van der Waals surface area contributed by atoms with E-state index in [2.05, 4.69) is 54.8 Å². The fraction of sp³-hybridized carbons (Fsp3) is 0.647. The summed E-state index contributed by atoms with van der Waals surface area (Å²) in [6.45, 7) is 14.1. The molecule has 2 nitrogen and oxygen atoms in total. The molecule has 0 amide bonds. The standard InChI is InChI=1S/C17H28N2/c1-4-18-11-13-19(14-12-18)10-9-16-5-7-17(8-6-16)15(2)3/h5-8,15H,4,9-14H2,1-3H3. The maximum atomic E-state index is 2.60. The van der Waals surface area contributed by atoms with Gasteiger partial charge in [-0.3, -0.25) is 0 Å². The topological polar surface area (TPSA) is 6.48 Å². The fourth-order valence-corrected chi connectivity index (χ4v) is 2.69. The van der Waals surface area contributed by atoms with E-state index in [1.807, 2.05) is 0 Å². The van der Waals surface area contributed by atoms with Gasteiger partial charge in [0.1, 0.15) is 0 Å². The highest BCUT2D eigenvalue weighted by atomic mass is 15.3. The van der Waals surface area contributed by atoms with Crippen LogP contribution in [0.1, 0.15) is 37.8 Å². The van der Waals surface area contributed by atoms with Gasteiger partial charge >= 0.3 is 0 Å². The molecule has 106 valence electrons. The Kier molecular flexibility index (Phi) is 5.41. The van der Waals surface area contributed by atoms with E-state index in [0.29, 0.717) is 5.92 Å². The van der Waals surface area contributed by atoms with Gasteiger partial charge in [-0.2, -0.15) is 0 Å². The van der Waals surface area contributed by atoms with Gasteiger partial charge in [0.25, 0.3) is 0 Å². The van der Waals surface area contributed by atoms with Crippen molar-refractivity contribution in [1.29, 1.82) is 0 Å². The molecule has 19 heavy (non-hydrogen) atoms. The Balaban J connectivity index is 1.76. The quantitative estimate of drug-likeness (QED) is 0.803. The van der Waals surface area contributed by atoms with Gasteiger partial charge in [0, 0.05) is 32.7 Å². The number of nitrogens with zero attached hydrogens (tertiary/aromatic N) is 2. The molecule has 0 atom stereocenters. The molecule has 0 N–H and O–H groups in total. The first-order valence-corrected chi connectivity index (χ1v) is 7.72. The molecular weight excluding hydrogens is 232 g/mol. The largest absolute Gasteiger partial charge is 0.301 e. The summed E-state index contributed by atoms with van der Waals surface area (Å²) < 4.78 is 0. The monoisotopic (exact) mass is 260 g/mol. The average Bonchev–Trinajstić information content (AvgIpc) is 2.46. The molecule has 1 heterocycles. The number of benzene rings is 1. The predicted octanol–water partition coefficient (Wildman–Crippen LogP) is 2.99. The second-order valence-corrected chi connectivity index (χ2v) is 5.92. The smallest absolute Gasteiger partial charge is 0.0110 e. The Labute approximate surface area is 118 Å². The van der Waals surface area contributed by atoms with Gasteiger partial charge in [0.15, 0.2) is 0 Å². The van der Waals surface area contributed by atoms with Crippen LogP contribution in [0.4, 0.5) is 0 Å². The average molecular weight is 260 g/mol. The van der Waals surface area contributed by atoms with Gasteiger partial charge in [-0.25, -0.2) is 0 Å². The molecule has 1 aromatic rings. The SMILES string of the molecule is CCN1CCN(CCc2ccc(C(C)C)cc2)CC1. The van der Waals surface area contributed by atoms with Crippen molar-refractivity contribution in [3.63, 3.8) is 0 Å². The summed E-state index contributed by atoms with van der Waals surface area (Å²) in [6, 6.07) is 9.18. The van der Waals surface area contributed by atoms with Crippen LogP contribution in [-0.2, 0) is 6.42 Å². The van der Waals surface area contributed by atoms with Crippen LogP contribution >= 0.6 is 0 Å². The van der Waals surface area contributed by atoms with E-state index in [9.17, 15) is 0 Å². The minimum atomic E-state index is 0.635. The van der Waals surface area contributed by atoms with Crippen molar-refractivity contribution in [2.75, 3.05) is 39.3 Å². The summed E-state index contributed by atoms with van der Waals surface area (Å²) in [5.41, 5.74) is 2.92. The zero-order chi connectivity index (χ0) is 13.7. The van der Waals surface area contributed by atoms with E-state index in [4.69, 9.17) is 0 Å². The van der Waals surface area contributed by atoms with Gasteiger partial charge in [-0.15, -0.1) is 0 Å². The Hall–Kier alpha value is -0.860. The van der Waals surface area contributed by atoms with E-state index in [1.165, 1.54) is 56.8 Å². The van der Waals surface area contributed by atoms with E-state index < -0.39 is 0 Å². The third-order valence-corrected chi connectivity index (χ3v) is 4.28. The van der Waals surface area contributed by atoms with Gasteiger partial charge in [-0.05, 0) is 30.0 Å². The number of rotatable bonds is 5. The first-order valence-electron chi connectivity index (χ1n) is 7.72. The lowest BCUT2D eigenvalue weighted by molar-refractivity contribution is 0.138. The zero-order valence-corrected chi connectivity index (χ0v) is 12.7. The number of likely N-dealkylation sites (N-methyl/N-ethyl adjacent to an activating group) is 1. The summed E-state index contributed by atoms with van der Waals surface area (Å²) >= 11 is 0. The zero-order valence-electron chi connectivity index (χ0n) is 12.7. The summed E-state index contributed by atoms with van der Waals surface area (Å²) in [4.78, 5) is 5.14.